The largest absolute Gasteiger partial charge is 0.379 e. The van der Waals surface area contributed by atoms with Crippen molar-refractivity contribution in [1.29, 1.82) is 0 Å². The summed E-state index contributed by atoms with van der Waals surface area (Å²) < 4.78 is 39.0. The molecular weight excluding hydrogens is 424 g/mol. The van der Waals surface area contributed by atoms with Crippen LogP contribution in [0.1, 0.15) is 11.3 Å². The van der Waals surface area contributed by atoms with E-state index in [1.165, 1.54) is 12.1 Å². The van der Waals surface area contributed by atoms with Gasteiger partial charge in [-0.1, -0.05) is 48.5 Å². The van der Waals surface area contributed by atoms with Crippen LogP contribution in [0.3, 0.4) is 0 Å². The molecule has 5 rings (SSSR count). The topological polar surface area (TPSA) is 36.0 Å². The first kappa shape index (κ1) is 21.2. The fourth-order valence-electron chi connectivity index (χ4n) is 4.73. The fourth-order valence-corrected chi connectivity index (χ4v) is 8.42. The van der Waals surface area contributed by atoms with Gasteiger partial charge >= 0.3 is 0 Å². The second kappa shape index (κ2) is 9.07. The van der Waals surface area contributed by atoms with Crippen LogP contribution in [0, 0.1) is 5.82 Å². The lowest BCUT2D eigenvalue weighted by Gasteiger charge is -2.44. The summed E-state index contributed by atoms with van der Waals surface area (Å²) in [5, 5.41) is 0. The van der Waals surface area contributed by atoms with Gasteiger partial charge in [-0.25, -0.2) is 4.39 Å². The Bertz CT molecular complexity index is 1020. The maximum atomic E-state index is 15.4. The van der Waals surface area contributed by atoms with E-state index < -0.39 is 13.2 Å². The summed E-state index contributed by atoms with van der Waals surface area (Å²) in [6.07, 6.45) is 0. The molecule has 2 aliphatic rings. The van der Waals surface area contributed by atoms with Crippen molar-refractivity contribution in [1.82, 2.24) is 4.90 Å². The Balaban J connectivity index is 1.68. The van der Waals surface area contributed by atoms with E-state index in [2.05, 4.69) is 14.2 Å². The average Bonchev–Trinajstić information content (AvgIpc) is 3.19. The standard InChI is InChI=1S/C25H27FN3O2P/c26-22-13-11-21(12-14-22)25(27-17-19-31-20-18-27)32(30)28(23-7-3-1-4-8-23)15-16-29(32)24-9-5-2-6-10-24/h1-14,25H,15-20H2/t25-/m0/s1. The average molecular weight is 451 g/mol. The number of morpholine rings is 1. The maximum absolute atomic E-state index is 15.4. The first-order valence-corrected chi connectivity index (χ1v) is 12.7. The Morgan fingerprint density at radius 2 is 1.22 bits per heavy atom. The van der Waals surface area contributed by atoms with Crippen molar-refractivity contribution in [3.63, 3.8) is 0 Å². The van der Waals surface area contributed by atoms with Gasteiger partial charge in [0, 0.05) is 37.6 Å². The molecule has 2 fully saturated rings. The van der Waals surface area contributed by atoms with Crippen LogP contribution in [-0.4, -0.2) is 44.3 Å². The van der Waals surface area contributed by atoms with E-state index in [9.17, 15) is 4.39 Å². The molecule has 2 heterocycles. The zero-order valence-corrected chi connectivity index (χ0v) is 18.8. The van der Waals surface area contributed by atoms with Gasteiger partial charge in [-0.15, -0.1) is 0 Å². The van der Waals surface area contributed by atoms with Gasteiger partial charge in [-0.2, -0.15) is 0 Å². The van der Waals surface area contributed by atoms with Crippen LogP contribution in [-0.2, 0) is 9.30 Å². The summed E-state index contributed by atoms with van der Waals surface area (Å²) in [7, 11) is -3.24. The molecule has 166 valence electrons. The van der Waals surface area contributed by atoms with Crippen molar-refractivity contribution in [3.05, 3.63) is 96.3 Å². The van der Waals surface area contributed by atoms with Gasteiger partial charge in [0.05, 0.1) is 13.2 Å². The highest BCUT2D eigenvalue weighted by Crippen LogP contribution is 2.69. The van der Waals surface area contributed by atoms with Crippen molar-refractivity contribution < 1.29 is 13.7 Å². The molecule has 3 aromatic carbocycles. The monoisotopic (exact) mass is 451 g/mol. The van der Waals surface area contributed by atoms with E-state index in [0.717, 1.165) is 16.9 Å². The highest BCUT2D eigenvalue weighted by atomic mass is 31.2. The minimum atomic E-state index is -3.24. The normalized spacial score (nSPS) is 19.8. The van der Waals surface area contributed by atoms with Crippen molar-refractivity contribution >= 4 is 18.8 Å². The van der Waals surface area contributed by atoms with Crippen molar-refractivity contribution in [2.75, 3.05) is 48.7 Å². The molecule has 0 radical (unpaired) electrons. The molecular formula is C25H27FN3O2P. The van der Waals surface area contributed by atoms with Gasteiger partial charge in [-0.05, 0) is 42.0 Å². The molecule has 0 aliphatic carbocycles. The second-order valence-electron chi connectivity index (χ2n) is 8.08. The summed E-state index contributed by atoms with van der Waals surface area (Å²) in [5.41, 5.74) is 2.74. The van der Waals surface area contributed by atoms with E-state index in [1.807, 2.05) is 60.7 Å². The van der Waals surface area contributed by atoms with E-state index in [4.69, 9.17) is 4.74 Å². The quantitative estimate of drug-likeness (QED) is 0.487. The molecule has 5 nitrogen and oxygen atoms in total. The maximum Gasteiger partial charge on any atom is 0.284 e. The van der Waals surface area contributed by atoms with E-state index in [-0.39, 0.29) is 5.82 Å². The summed E-state index contributed by atoms with van der Waals surface area (Å²) in [6, 6.07) is 26.4. The molecule has 3 aromatic rings. The van der Waals surface area contributed by atoms with E-state index in [0.29, 0.717) is 39.4 Å². The van der Waals surface area contributed by atoms with E-state index >= 15 is 4.57 Å². The predicted molar refractivity (Wildman–Crippen MR) is 127 cm³/mol. The third-order valence-corrected chi connectivity index (χ3v) is 9.71. The molecule has 2 aliphatic heterocycles. The van der Waals surface area contributed by atoms with Crippen LogP contribution < -0.4 is 9.34 Å². The van der Waals surface area contributed by atoms with Crippen LogP contribution in [0.4, 0.5) is 15.8 Å². The van der Waals surface area contributed by atoms with Gasteiger partial charge in [0.25, 0.3) is 7.44 Å². The zero-order valence-electron chi connectivity index (χ0n) is 17.9. The lowest BCUT2D eigenvalue weighted by Crippen LogP contribution is -2.42. The molecule has 2 saturated heterocycles. The summed E-state index contributed by atoms with van der Waals surface area (Å²) in [6.45, 7) is 3.84. The molecule has 0 aromatic heterocycles. The number of hydrogen-bond donors (Lipinski definition) is 0. The minimum Gasteiger partial charge on any atom is -0.379 e. The number of halogens is 1. The molecule has 32 heavy (non-hydrogen) atoms. The van der Waals surface area contributed by atoms with Crippen LogP contribution in [0.15, 0.2) is 84.9 Å². The first-order chi connectivity index (χ1) is 15.7. The van der Waals surface area contributed by atoms with Gasteiger partial charge in [0.1, 0.15) is 11.6 Å². The SMILES string of the molecule is O=P1([C@@H](c2ccc(F)cc2)N2CCOCC2)N(c2ccccc2)CCN1c1ccccc1. The highest BCUT2D eigenvalue weighted by Gasteiger charge is 2.52. The number of hydrogen-bond acceptors (Lipinski definition) is 3. The Morgan fingerprint density at radius 3 is 1.72 bits per heavy atom. The lowest BCUT2D eigenvalue weighted by atomic mass is 10.2. The predicted octanol–water partition coefficient (Wildman–Crippen LogP) is 5.38. The smallest absolute Gasteiger partial charge is 0.284 e. The van der Waals surface area contributed by atoms with Crippen LogP contribution in [0.5, 0.6) is 0 Å². The molecule has 0 N–H and O–H groups in total. The molecule has 0 amide bonds. The number of benzene rings is 3. The zero-order chi connectivity index (χ0) is 22.0. The number of nitrogens with zero attached hydrogens (tertiary/aromatic N) is 3. The van der Waals surface area contributed by atoms with Gasteiger partial charge in [0.2, 0.25) is 0 Å². The molecule has 1 atom stereocenters. The van der Waals surface area contributed by atoms with Crippen LogP contribution >= 0.6 is 7.44 Å². The van der Waals surface area contributed by atoms with Crippen LogP contribution in [0.25, 0.3) is 0 Å². The number of rotatable bonds is 5. The van der Waals surface area contributed by atoms with Gasteiger partial charge in [0.15, 0.2) is 0 Å². The fraction of sp³-hybridized carbons (Fsp3) is 0.280. The Morgan fingerprint density at radius 1 is 0.719 bits per heavy atom. The first-order valence-electron chi connectivity index (χ1n) is 11.0. The van der Waals surface area contributed by atoms with Crippen molar-refractivity contribution in [3.8, 4) is 0 Å². The molecule has 0 bridgehead atoms. The number of para-hydroxylation sites is 2. The molecule has 7 heteroatoms. The summed E-state index contributed by atoms with van der Waals surface area (Å²) in [4.78, 5) is 2.24. The Kier molecular flexibility index (Phi) is 6.01. The van der Waals surface area contributed by atoms with Gasteiger partial charge < -0.3 is 14.1 Å². The molecule has 0 spiro atoms. The van der Waals surface area contributed by atoms with Crippen molar-refractivity contribution in [2.45, 2.75) is 5.78 Å². The molecule has 0 saturated carbocycles. The van der Waals surface area contributed by atoms with Crippen molar-refractivity contribution in [2.24, 2.45) is 0 Å². The summed E-state index contributed by atoms with van der Waals surface area (Å²) in [5.74, 6) is -0.700. The lowest BCUT2D eigenvalue weighted by molar-refractivity contribution is 0.0303. The Hall–Kier alpha value is -2.66. The second-order valence-corrected chi connectivity index (χ2v) is 10.7. The third-order valence-electron chi connectivity index (χ3n) is 6.20. The highest BCUT2D eigenvalue weighted by molar-refractivity contribution is 7.67. The Labute approximate surface area is 188 Å². The minimum absolute atomic E-state index is 0.293. The number of ether oxygens (including phenoxy) is 1. The van der Waals surface area contributed by atoms with Crippen LogP contribution in [0.2, 0.25) is 0 Å². The molecule has 0 unspecified atom stereocenters. The van der Waals surface area contributed by atoms with Gasteiger partial charge in [-0.3, -0.25) is 9.46 Å². The van der Waals surface area contributed by atoms with E-state index in [1.54, 1.807) is 12.1 Å². The third kappa shape index (κ3) is 3.83. The number of anilines is 2. The summed E-state index contributed by atoms with van der Waals surface area (Å²) >= 11 is 0.